The van der Waals surface area contributed by atoms with Crippen LogP contribution < -0.4 is 9.47 Å². The van der Waals surface area contributed by atoms with Crippen LogP contribution in [0.1, 0.15) is 112 Å². The molecule has 4 nitrogen and oxygen atoms in total. The van der Waals surface area contributed by atoms with Gasteiger partial charge in [0.15, 0.2) is 0 Å². The minimum atomic E-state index is -0.0532. The molecular weight excluding hydrogens is 702 g/mol. The number of hydrogen-bond donors (Lipinski definition) is 0. The topological polar surface area (TPSA) is 52.6 Å². The molecule has 6 heteroatoms. The molecule has 0 aliphatic heterocycles. The van der Waals surface area contributed by atoms with Crippen molar-refractivity contribution < 1.29 is 19.1 Å². The van der Waals surface area contributed by atoms with E-state index in [1.807, 2.05) is 0 Å². The van der Waals surface area contributed by atoms with Crippen molar-refractivity contribution in [2.24, 2.45) is 34.5 Å². The second kappa shape index (κ2) is 12.7. The van der Waals surface area contributed by atoms with E-state index in [1.54, 1.807) is 0 Å². The normalized spacial score (nSPS) is 35.8. The standard InChI is InChI=1S/C40H50O4Se2/c1-39-17-15-29-31(35(39)11-13-37(39)41)9-5-25-3-7-27(23-33(25)29)43-19-21-45-46-22-20-44-28-8-4-26-6-10-32-30(34(26)24-28)16-18-40(2)36(32)12-14-38(40)42/h3-4,7-8,23-24,29-32,35-36H,5-6,9-22H2,1-2H3/t29-,30-,31+,32+,35-,36-,39-,40-/m0/s1. The first-order valence-electron chi connectivity index (χ1n) is 18.2. The molecule has 0 spiro atoms. The first-order chi connectivity index (χ1) is 22.3. The van der Waals surface area contributed by atoms with Gasteiger partial charge in [0, 0.05) is 0 Å². The average molecular weight is 753 g/mol. The molecule has 0 amide bonds. The summed E-state index contributed by atoms with van der Waals surface area (Å²) in [4.78, 5) is 25.4. The van der Waals surface area contributed by atoms with Gasteiger partial charge in [-0.15, -0.1) is 0 Å². The first-order valence-corrected chi connectivity index (χ1v) is 24.9. The second-order valence-electron chi connectivity index (χ2n) is 15.7. The summed E-state index contributed by atoms with van der Waals surface area (Å²) < 4.78 is 12.6. The molecule has 0 heterocycles. The minimum absolute atomic E-state index is 0.0532. The van der Waals surface area contributed by atoms with Crippen LogP contribution in [0.4, 0.5) is 0 Å². The average Bonchev–Trinajstić information content (AvgIpc) is 3.55. The quantitative estimate of drug-likeness (QED) is 0.192. The van der Waals surface area contributed by atoms with E-state index >= 15 is 0 Å². The molecule has 4 saturated carbocycles. The third kappa shape index (κ3) is 5.46. The number of rotatable bonds is 9. The van der Waals surface area contributed by atoms with Gasteiger partial charge < -0.3 is 0 Å². The third-order valence-corrected chi connectivity index (χ3v) is 21.0. The van der Waals surface area contributed by atoms with Gasteiger partial charge in [-0.3, -0.25) is 0 Å². The van der Waals surface area contributed by atoms with Crippen molar-refractivity contribution in [3.8, 4) is 11.5 Å². The number of fused-ring (bicyclic) bond motifs is 10. The fourth-order valence-electron chi connectivity index (χ4n) is 11.3. The zero-order valence-corrected chi connectivity index (χ0v) is 31.1. The van der Waals surface area contributed by atoms with E-state index in [0.29, 0.717) is 73.3 Å². The Hall–Kier alpha value is -1.58. The molecule has 0 unspecified atom stereocenters. The number of ether oxygens (including phenoxy) is 2. The van der Waals surface area contributed by atoms with E-state index in [-0.39, 0.29) is 10.8 Å². The Balaban J connectivity index is 0.783. The van der Waals surface area contributed by atoms with E-state index in [2.05, 4.69) is 50.2 Å². The van der Waals surface area contributed by atoms with Crippen LogP contribution in [-0.4, -0.2) is 51.0 Å². The van der Waals surface area contributed by atoms with Crippen LogP contribution in [0.15, 0.2) is 36.4 Å². The summed E-state index contributed by atoms with van der Waals surface area (Å²) in [6.45, 7) is 6.15. The van der Waals surface area contributed by atoms with Crippen molar-refractivity contribution in [1.82, 2.24) is 0 Å². The Morgan fingerprint density at radius 2 is 1.09 bits per heavy atom. The summed E-state index contributed by atoms with van der Waals surface area (Å²) in [5.41, 5.74) is 5.97. The Morgan fingerprint density at radius 1 is 0.630 bits per heavy atom. The molecule has 4 fully saturated rings. The summed E-state index contributed by atoms with van der Waals surface area (Å²) in [5, 5.41) is 2.31. The summed E-state index contributed by atoms with van der Waals surface area (Å²) in [6.07, 6.45) is 13.0. The van der Waals surface area contributed by atoms with Gasteiger partial charge in [0.2, 0.25) is 0 Å². The van der Waals surface area contributed by atoms with E-state index < -0.39 is 0 Å². The summed E-state index contributed by atoms with van der Waals surface area (Å²) in [5.74, 6) is 6.86. The monoisotopic (exact) mass is 754 g/mol. The zero-order chi connectivity index (χ0) is 31.5. The van der Waals surface area contributed by atoms with Crippen LogP contribution in [0, 0.1) is 34.5 Å². The summed E-state index contributed by atoms with van der Waals surface area (Å²) in [6, 6.07) is 13.7. The Labute approximate surface area is 286 Å². The van der Waals surface area contributed by atoms with Crippen molar-refractivity contribution in [2.45, 2.75) is 113 Å². The van der Waals surface area contributed by atoms with Crippen molar-refractivity contribution in [3.05, 3.63) is 58.7 Å². The molecular formula is C40H50O4Se2. The van der Waals surface area contributed by atoms with Crippen molar-refractivity contribution >= 4 is 37.8 Å². The van der Waals surface area contributed by atoms with Crippen molar-refractivity contribution in [1.29, 1.82) is 0 Å². The molecule has 8 rings (SSSR count). The van der Waals surface area contributed by atoms with Gasteiger partial charge in [-0.05, 0) is 0 Å². The SMILES string of the molecule is C[C@]12CC[C@@H]3c4cc(OCC[Se][Se]CCOc5ccc6c(c5)[C@H]5CC[C@]7(C)C(=O)CC[C@H]7[C@@H]5CC6)ccc4CC[C@H]3[C@@H]1CCC2=O. The van der Waals surface area contributed by atoms with Crippen molar-refractivity contribution in [3.63, 3.8) is 0 Å². The van der Waals surface area contributed by atoms with Gasteiger partial charge in [0.05, 0.1) is 0 Å². The van der Waals surface area contributed by atoms with Gasteiger partial charge in [-0.1, -0.05) is 0 Å². The van der Waals surface area contributed by atoms with Crippen LogP contribution >= 0.6 is 0 Å². The summed E-state index contributed by atoms with van der Waals surface area (Å²) >= 11 is 1.24. The van der Waals surface area contributed by atoms with Crippen LogP contribution in [0.25, 0.3) is 0 Å². The predicted octanol–water partition coefficient (Wildman–Crippen LogP) is 8.15. The molecule has 2 aromatic carbocycles. The van der Waals surface area contributed by atoms with Crippen LogP contribution in [0.3, 0.4) is 0 Å². The van der Waals surface area contributed by atoms with Crippen LogP contribution in [-0.2, 0) is 22.4 Å². The van der Waals surface area contributed by atoms with Gasteiger partial charge in [0.25, 0.3) is 0 Å². The molecule has 6 aliphatic carbocycles. The molecule has 0 saturated heterocycles. The fraction of sp³-hybridized carbons (Fsp3) is 0.650. The maximum atomic E-state index is 12.7. The molecule has 0 aromatic heterocycles. The molecule has 0 bridgehead atoms. The predicted molar refractivity (Wildman–Crippen MR) is 184 cm³/mol. The van der Waals surface area contributed by atoms with Gasteiger partial charge in [-0.25, -0.2) is 0 Å². The number of benzene rings is 2. The first kappa shape index (κ1) is 31.7. The number of carbonyl (C=O) groups excluding carboxylic acids is 2. The molecule has 0 N–H and O–H groups in total. The van der Waals surface area contributed by atoms with Gasteiger partial charge in [0.1, 0.15) is 0 Å². The number of Topliss-reactive ketones (excluding diaryl/α,β-unsaturated/α-hetero) is 2. The van der Waals surface area contributed by atoms with E-state index in [9.17, 15) is 9.59 Å². The molecule has 46 heavy (non-hydrogen) atoms. The van der Waals surface area contributed by atoms with E-state index in [1.165, 1.54) is 35.1 Å². The Kier molecular flexibility index (Phi) is 8.75. The summed E-state index contributed by atoms with van der Waals surface area (Å²) in [7, 11) is 0. The fourth-order valence-corrected chi connectivity index (χ4v) is 16.5. The van der Waals surface area contributed by atoms with E-state index in [4.69, 9.17) is 9.47 Å². The molecule has 246 valence electrons. The molecule has 8 atom stereocenters. The maximum absolute atomic E-state index is 12.7. The van der Waals surface area contributed by atoms with Gasteiger partial charge in [-0.2, -0.15) is 0 Å². The van der Waals surface area contributed by atoms with Crippen molar-refractivity contribution in [2.75, 3.05) is 13.2 Å². The number of carbonyl (C=O) groups is 2. The Morgan fingerprint density at radius 3 is 1.54 bits per heavy atom. The van der Waals surface area contributed by atoms with Crippen LogP contribution in [0.2, 0.25) is 10.6 Å². The second-order valence-corrected chi connectivity index (χ2v) is 23.6. The third-order valence-electron chi connectivity index (χ3n) is 13.8. The molecule has 2 aromatic rings. The zero-order valence-electron chi connectivity index (χ0n) is 27.7. The van der Waals surface area contributed by atoms with E-state index in [0.717, 1.165) is 99.6 Å². The number of ketones is 2. The molecule has 6 aliphatic rings. The number of aryl methyl sites for hydroxylation is 2. The van der Waals surface area contributed by atoms with Gasteiger partial charge >= 0.3 is 288 Å². The molecule has 0 radical (unpaired) electrons. The Bertz CT molecular complexity index is 1390. The van der Waals surface area contributed by atoms with Crippen LogP contribution in [0.5, 0.6) is 11.5 Å². The number of hydrogen-bond acceptors (Lipinski definition) is 4.